The first-order chi connectivity index (χ1) is 9.26. The molecule has 0 aliphatic rings. The predicted molar refractivity (Wildman–Crippen MR) is 70.2 cm³/mol. The van der Waals surface area contributed by atoms with Crippen molar-refractivity contribution in [1.29, 1.82) is 0 Å². The van der Waals surface area contributed by atoms with Crippen molar-refractivity contribution in [3.63, 3.8) is 0 Å². The number of methoxy groups -OCH3 is 1. The maximum atomic E-state index is 13.6. The van der Waals surface area contributed by atoms with Gasteiger partial charge < -0.3 is 20.9 Å². The van der Waals surface area contributed by atoms with Gasteiger partial charge in [0.05, 0.1) is 16.9 Å². The smallest absolute Gasteiger partial charge is 0.254 e. The van der Waals surface area contributed by atoms with Gasteiger partial charge in [-0.3, -0.25) is 4.79 Å². The minimum atomic E-state index is -1.21. The molecule has 1 atom stereocenters. The third-order valence-electron chi connectivity index (χ3n) is 2.78. The van der Waals surface area contributed by atoms with Crippen LogP contribution in [0.3, 0.4) is 0 Å². The van der Waals surface area contributed by atoms with Crippen molar-refractivity contribution in [2.75, 3.05) is 26.0 Å². The number of aliphatic hydroxyl groups is 1. The third-order valence-corrected chi connectivity index (χ3v) is 2.78. The monoisotopic (exact) mass is 288 g/mol. The van der Waals surface area contributed by atoms with Crippen LogP contribution in [0.4, 0.5) is 14.5 Å². The van der Waals surface area contributed by atoms with E-state index < -0.39 is 34.4 Å². The van der Waals surface area contributed by atoms with Crippen LogP contribution in [-0.2, 0) is 4.74 Å². The number of nitrogens with one attached hydrogen (secondary N) is 1. The Balaban J connectivity index is 2.73. The van der Waals surface area contributed by atoms with Crippen molar-refractivity contribution in [3.8, 4) is 0 Å². The molecule has 0 aliphatic carbocycles. The van der Waals surface area contributed by atoms with E-state index in [9.17, 15) is 18.7 Å². The zero-order valence-corrected chi connectivity index (χ0v) is 11.4. The highest BCUT2D eigenvalue weighted by Crippen LogP contribution is 2.17. The molecule has 0 radical (unpaired) electrons. The zero-order valence-electron chi connectivity index (χ0n) is 11.4. The molecule has 112 valence electrons. The quantitative estimate of drug-likeness (QED) is 0.683. The van der Waals surface area contributed by atoms with Gasteiger partial charge in [0, 0.05) is 26.7 Å². The maximum absolute atomic E-state index is 13.6. The first kappa shape index (κ1) is 16.3. The van der Waals surface area contributed by atoms with E-state index in [0.29, 0.717) is 6.61 Å². The minimum Gasteiger partial charge on any atom is -0.396 e. The van der Waals surface area contributed by atoms with Crippen LogP contribution in [0, 0.1) is 11.6 Å². The lowest BCUT2D eigenvalue weighted by Crippen LogP contribution is -2.41. The van der Waals surface area contributed by atoms with Gasteiger partial charge in [-0.25, -0.2) is 8.78 Å². The number of ether oxygens (including phenoxy) is 1. The second-order valence-electron chi connectivity index (χ2n) is 4.78. The summed E-state index contributed by atoms with van der Waals surface area (Å²) in [7, 11) is 1.49. The number of nitrogens with two attached hydrogens (primary N) is 1. The SMILES string of the molecule is COCCC(C)(O)CNC(=O)c1cc(F)cc(N)c1F. The van der Waals surface area contributed by atoms with E-state index >= 15 is 0 Å². The molecule has 1 unspecified atom stereocenters. The summed E-state index contributed by atoms with van der Waals surface area (Å²) in [6.45, 7) is 1.69. The molecule has 4 N–H and O–H groups in total. The Hall–Kier alpha value is -1.73. The van der Waals surface area contributed by atoms with E-state index in [0.717, 1.165) is 12.1 Å². The van der Waals surface area contributed by atoms with Crippen LogP contribution >= 0.6 is 0 Å². The Kier molecular flexibility index (Phi) is 5.41. The summed E-state index contributed by atoms with van der Waals surface area (Å²) < 4.78 is 31.6. The van der Waals surface area contributed by atoms with Gasteiger partial charge in [0.15, 0.2) is 5.82 Å². The fraction of sp³-hybridized carbons (Fsp3) is 0.462. The molecule has 0 spiro atoms. The molecule has 0 aliphatic heterocycles. The number of anilines is 1. The van der Waals surface area contributed by atoms with Crippen LogP contribution in [0.15, 0.2) is 12.1 Å². The fourth-order valence-electron chi connectivity index (χ4n) is 1.55. The van der Waals surface area contributed by atoms with Gasteiger partial charge in [0.2, 0.25) is 0 Å². The molecule has 1 amide bonds. The van der Waals surface area contributed by atoms with Crippen LogP contribution in [-0.4, -0.2) is 36.9 Å². The number of carbonyl (C=O) groups excluding carboxylic acids is 1. The van der Waals surface area contributed by atoms with Crippen LogP contribution in [0.1, 0.15) is 23.7 Å². The van der Waals surface area contributed by atoms with E-state index in [1.807, 2.05) is 0 Å². The lowest BCUT2D eigenvalue weighted by molar-refractivity contribution is 0.0243. The van der Waals surface area contributed by atoms with Gasteiger partial charge in [-0.1, -0.05) is 0 Å². The lowest BCUT2D eigenvalue weighted by Gasteiger charge is -2.23. The fourth-order valence-corrected chi connectivity index (χ4v) is 1.55. The normalized spacial score (nSPS) is 13.8. The highest BCUT2D eigenvalue weighted by Gasteiger charge is 2.23. The van der Waals surface area contributed by atoms with Crippen molar-refractivity contribution in [1.82, 2.24) is 5.32 Å². The average Bonchev–Trinajstić information content (AvgIpc) is 2.38. The predicted octanol–water partition coefficient (Wildman–Crippen LogP) is 1.06. The highest BCUT2D eigenvalue weighted by atomic mass is 19.1. The number of benzene rings is 1. The van der Waals surface area contributed by atoms with E-state index in [1.165, 1.54) is 14.0 Å². The van der Waals surface area contributed by atoms with Crippen molar-refractivity contribution in [2.24, 2.45) is 0 Å². The van der Waals surface area contributed by atoms with E-state index in [4.69, 9.17) is 10.5 Å². The molecule has 0 fully saturated rings. The number of amides is 1. The van der Waals surface area contributed by atoms with Crippen molar-refractivity contribution < 1.29 is 23.4 Å². The number of halogens is 2. The Bertz CT molecular complexity index is 493. The Morgan fingerprint density at radius 1 is 1.50 bits per heavy atom. The van der Waals surface area contributed by atoms with Crippen LogP contribution < -0.4 is 11.1 Å². The lowest BCUT2D eigenvalue weighted by atomic mass is 10.0. The summed E-state index contributed by atoms with van der Waals surface area (Å²) in [5.74, 6) is -2.63. The van der Waals surface area contributed by atoms with Gasteiger partial charge >= 0.3 is 0 Å². The molecule has 20 heavy (non-hydrogen) atoms. The second-order valence-corrected chi connectivity index (χ2v) is 4.78. The summed E-state index contributed by atoms with van der Waals surface area (Å²) >= 11 is 0. The number of hydrogen-bond donors (Lipinski definition) is 3. The van der Waals surface area contributed by atoms with E-state index in [2.05, 4.69) is 5.32 Å². The summed E-state index contributed by atoms with van der Waals surface area (Å²) in [4.78, 5) is 11.8. The molecule has 7 heteroatoms. The topological polar surface area (TPSA) is 84.6 Å². The van der Waals surface area contributed by atoms with Crippen molar-refractivity contribution in [2.45, 2.75) is 18.9 Å². The molecular weight excluding hydrogens is 270 g/mol. The molecule has 5 nitrogen and oxygen atoms in total. The number of rotatable bonds is 6. The Morgan fingerprint density at radius 3 is 2.75 bits per heavy atom. The van der Waals surface area contributed by atoms with Gasteiger partial charge in [-0.2, -0.15) is 0 Å². The van der Waals surface area contributed by atoms with E-state index in [1.54, 1.807) is 0 Å². The first-order valence-corrected chi connectivity index (χ1v) is 6.01. The Morgan fingerprint density at radius 2 is 2.15 bits per heavy atom. The molecule has 1 aromatic rings. The number of hydrogen-bond acceptors (Lipinski definition) is 4. The summed E-state index contributed by atoms with van der Waals surface area (Å²) in [5.41, 5.74) is 3.10. The molecule has 0 bridgehead atoms. The van der Waals surface area contributed by atoms with Gasteiger partial charge in [0.25, 0.3) is 5.91 Å². The minimum absolute atomic E-state index is 0.120. The standard InChI is InChI=1S/C13H18F2N2O3/c1-13(19,3-4-20-2)7-17-12(18)9-5-8(14)6-10(16)11(9)15/h5-6,19H,3-4,7,16H2,1-2H3,(H,17,18). The molecule has 1 rings (SSSR count). The molecule has 0 aromatic heterocycles. The largest absolute Gasteiger partial charge is 0.396 e. The first-order valence-electron chi connectivity index (χ1n) is 6.01. The second kappa shape index (κ2) is 6.62. The summed E-state index contributed by atoms with van der Waals surface area (Å²) in [6, 6.07) is 1.55. The van der Waals surface area contributed by atoms with Gasteiger partial charge in [0.1, 0.15) is 5.82 Å². The van der Waals surface area contributed by atoms with Crippen LogP contribution in [0.25, 0.3) is 0 Å². The highest BCUT2D eigenvalue weighted by molar-refractivity contribution is 5.95. The van der Waals surface area contributed by atoms with E-state index in [-0.39, 0.29) is 13.0 Å². The zero-order chi connectivity index (χ0) is 15.3. The number of carbonyl (C=O) groups is 1. The number of nitrogen functional groups attached to an aromatic ring is 1. The van der Waals surface area contributed by atoms with Crippen molar-refractivity contribution >= 4 is 11.6 Å². The third kappa shape index (κ3) is 4.43. The Labute approximate surface area is 115 Å². The van der Waals surface area contributed by atoms with Gasteiger partial charge in [-0.15, -0.1) is 0 Å². The molecule has 0 heterocycles. The molecular formula is C13H18F2N2O3. The van der Waals surface area contributed by atoms with Gasteiger partial charge in [-0.05, 0) is 19.1 Å². The molecule has 1 aromatic carbocycles. The summed E-state index contributed by atoms with van der Waals surface area (Å²) in [6.07, 6.45) is 0.289. The van der Waals surface area contributed by atoms with Crippen LogP contribution in [0.2, 0.25) is 0 Å². The summed E-state index contributed by atoms with van der Waals surface area (Å²) in [5, 5.41) is 12.3. The maximum Gasteiger partial charge on any atom is 0.254 e. The molecule has 0 saturated carbocycles. The molecule has 0 saturated heterocycles. The van der Waals surface area contributed by atoms with Crippen molar-refractivity contribution in [3.05, 3.63) is 29.3 Å². The average molecular weight is 288 g/mol. The van der Waals surface area contributed by atoms with Crippen LogP contribution in [0.5, 0.6) is 0 Å².